The summed E-state index contributed by atoms with van der Waals surface area (Å²) in [6, 6.07) is 8.55. The normalized spacial score (nSPS) is 14.8. The summed E-state index contributed by atoms with van der Waals surface area (Å²) >= 11 is 0. The highest BCUT2D eigenvalue weighted by atomic mass is 32.2. The smallest absolute Gasteiger partial charge is 0.312 e. The third kappa shape index (κ3) is 4.02. The minimum atomic E-state index is -3.83. The molecule has 0 radical (unpaired) electrons. The summed E-state index contributed by atoms with van der Waals surface area (Å²) in [6.45, 7) is 0.108. The number of nitro benzene ring substituents is 1. The highest BCUT2D eigenvalue weighted by Crippen LogP contribution is 2.32. The largest absolute Gasteiger partial charge is 0.478 e. The van der Waals surface area contributed by atoms with Gasteiger partial charge in [-0.2, -0.15) is 4.31 Å². The SMILES string of the molecule is O=C(COc1ccc(S(=O)(=O)N2CCCC2)cc1[N+](=O)[O-])c1ccccc1F. The second-order valence-electron chi connectivity index (χ2n) is 6.19. The van der Waals surface area contributed by atoms with Crippen molar-refractivity contribution in [2.45, 2.75) is 17.7 Å². The summed E-state index contributed by atoms with van der Waals surface area (Å²) in [7, 11) is -3.83. The molecule has 1 heterocycles. The van der Waals surface area contributed by atoms with Crippen molar-refractivity contribution >= 4 is 21.5 Å². The molecule has 8 nitrogen and oxygen atoms in total. The van der Waals surface area contributed by atoms with E-state index in [9.17, 15) is 27.7 Å². The number of carbonyl (C=O) groups is 1. The Morgan fingerprint density at radius 3 is 2.50 bits per heavy atom. The number of benzene rings is 2. The fourth-order valence-electron chi connectivity index (χ4n) is 2.91. The molecule has 0 aliphatic carbocycles. The van der Waals surface area contributed by atoms with Gasteiger partial charge in [0.2, 0.25) is 15.8 Å². The number of ether oxygens (including phenoxy) is 1. The Morgan fingerprint density at radius 2 is 1.86 bits per heavy atom. The van der Waals surface area contributed by atoms with E-state index in [2.05, 4.69) is 0 Å². The first-order chi connectivity index (χ1) is 13.3. The van der Waals surface area contributed by atoms with Crippen molar-refractivity contribution in [1.82, 2.24) is 4.31 Å². The van der Waals surface area contributed by atoms with Gasteiger partial charge in [0.15, 0.2) is 12.4 Å². The fraction of sp³-hybridized carbons (Fsp3) is 0.278. The van der Waals surface area contributed by atoms with Crippen LogP contribution in [0.2, 0.25) is 0 Å². The third-order valence-corrected chi connectivity index (χ3v) is 6.26. The Hall–Kier alpha value is -2.85. The van der Waals surface area contributed by atoms with Gasteiger partial charge in [0.05, 0.1) is 15.4 Å². The number of halogens is 1. The molecule has 0 atom stereocenters. The highest BCUT2D eigenvalue weighted by Gasteiger charge is 2.30. The molecule has 1 fully saturated rings. The summed E-state index contributed by atoms with van der Waals surface area (Å²) in [4.78, 5) is 22.4. The van der Waals surface area contributed by atoms with Crippen LogP contribution in [-0.2, 0) is 10.0 Å². The van der Waals surface area contributed by atoms with E-state index < -0.39 is 38.8 Å². The maximum atomic E-state index is 13.6. The molecule has 0 N–H and O–H groups in total. The predicted octanol–water partition coefficient (Wildman–Crippen LogP) is 2.78. The lowest BCUT2D eigenvalue weighted by atomic mass is 10.1. The molecule has 0 bridgehead atoms. The van der Waals surface area contributed by atoms with E-state index in [0.29, 0.717) is 13.1 Å². The number of rotatable bonds is 7. The number of nitrogens with zero attached hydrogens (tertiary/aromatic N) is 2. The van der Waals surface area contributed by atoms with Gasteiger partial charge in [-0.15, -0.1) is 0 Å². The molecular formula is C18H17FN2O6S. The van der Waals surface area contributed by atoms with Crippen LogP contribution in [0.3, 0.4) is 0 Å². The van der Waals surface area contributed by atoms with Crippen LogP contribution in [0.1, 0.15) is 23.2 Å². The first-order valence-corrected chi connectivity index (χ1v) is 9.94. The third-order valence-electron chi connectivity index (χ3n) is 4.36. The summed E-state index contributed by atoms with van der Waals surface area (Å²) in [5, 5.41) is 11.4. The fourth-order valence-corrected chi connectivity index (χ4v) is 4.45. The lowest BCUT2D eigenvalue weighted by molar-refractivity contribution is -0.386. The summed E-state index contributed by atoms with van der Waals surface area (Å²) < 4.78 is 45.3. The number of hydrogen-bond acceptors (Lipinski definition) is 6. The molecule has 148 valence electrons. The molecule has 3 rings (SSSR count). The first-order valence-electron chi connectivity index (χ1n) is 8.50. The zero-order chi connectivity index (χ0) is 20.3. The zero-order valence-corrected chi connectivity index (χ0v) is 15.5. The van der Waals surface area contributed by atoms with Gasteiger partial charge in [0, 0.05) is 19.2 Å². The van der Waals surface area contributed by atoms with Crippen LogP contribution in [0.5, 0.6) is 5.75 Å². The van der Waals surface area contributed by atoms with Crippen LogP contribution in [-0.4, -0.2) is 43.1 Å². The maximum Gasteiger partial charge on any atom is 0.312 e. The lowest BCUT2D eigenvalue weighted by Crippen LogP contribution is -2.27. The van der Waals surface area contributed by atoms with Crippen LogP contribution in [0.4, 0.5) is 10.1 Å². The molecule has 1 aliphatic rings. The van der Waals surface area contributed by atoms with Gasteiger partial charge < -0.3 is 4.74 Å². The van der Waals surface area contributed by atoms with Crippen molar-refractivity contribution in [3.63, 3.8) is 0 Å². The van der Waals surface area contributed by atoms with Crippen LogP contribution < -0.4 is 4.74 Å². The van der Waals surface area contributed by atoms with Crippen molar-refractivity contribution in [3.05, 3.63) is 64.0 Å². The van der Waals surface area contributed by atoms with E-state index in [4.69, 9.17) is 4.74 Å². The summed E-state index contributed by atoms with van der Waals surface area (Å²) in [5.41, 5.74) is -0.778. The van der Waals surface area contributed by atoms with Crippen LogP contribution in [0.15, 0.2) is 47.4 Å². The molecule has 0 spiro atoms. The van der Waals surface area contributed by atoms with Gasteiger partial charge >= 0.3 is 5.69 Å². The summed E-state index contributed by atoms with van der Waals surface area (Å²) in [6.07, 6.45) is 1.47. The summed E-state index contributed by atoms with van der Waals surface area (Å²) in [5.74, 6) is -1.69. The van der Waals surface area contributed by atoms with E-state index in [-0.39, 0.29) is 16.2 Å². The number of hydrogen-bond donors (Lipinski definition) is 0. The average Bonchev–Trinajstić information content (AvgIpc) is 3.22. The Balaban J connectivity index is 1.83. The zero-order valence-electron chi connectivity index (χ0n) is 14.7. The Morgan fingerprint density at radius 1 is 1.18 bits per heavy atom. The van der Waals surface area contributed by atoms with Gasteiger partial charge in [-0.1, -0.05) is 12.1 Å². The topological polar surface area (TPSA) is 107 Å². The molecule has 0 unspecified atom stereocenters. The van der Waals surface area contributed by atoms with Crippen molar-refractivity contribution < 1.29 is 27.3 Å². The van der Waals surface area contributed by atoms with E-state index in [1.807, 2.05) is 0 Å². The minimum absolute atomic E-state index is 0.196. The molecule has 0 amide bonds. The van der Waals surface area contributed by atoms with Gasteiger partial charge in [0.1, 0.15) is 5.82 Å². The standard InChI is InChI=1S/C18H17FN2O6S/c19-15-6-2-1-5-14(15)17(22)12-27-18-8-7-13(11-16(18)21(23)24)28(25,26)20-9-3-4-10-20/h1-2,5-8,11H,3-4,9-10,12H2. The molecule has 1 aliphatic heterocycles. The minimum Gasteiger partial charge on any atom is -0.478 e. The van der Waals surface area contributed by atoms with Crippen molar-refractivity contribution in [1.29, 1.82) is 0 Å². The highest BCUT2D eigenvalue weighted by molar-refractivity contribution is 7.89. The molecule has 2 aromatic carbocycles. The van der Waals surface area contributed by atoms with E-state index in [0.717, 1.165) is 31.0 Å². The molecule has 1 saturated heterocycles. The molecule has 0 aromatic heterocycles. The molecule has 0 saturated carbocycles. The van der Waals surface area contributed by atoms with E-state index in [1.54, 1.807) is 0 Å². The number of sulfonamides is 1. The van der Waals surface area contributed by atoms with Gasteiger partial charge in [0.25, 0.3) is 0 Å². The maximum absolute atomic E-state index is 13.6. The molecule has 28 heavy (non-hydrogen) atoms. The lowest BCUT2D eigenvalue weighted by Gasteiger charge is -2.15. The van der Waals surface area contributed by atoms with Gasteiger partial charge in [-0.25, -0.2) is 12.8 Å². The number of Topliss-reactive ketones (excluding diaryl/α,β-unsaturated/α-hetero) is 1. The average molecular weight is 408 g/mol. The number of nitro groups is 1. The molecule has 2 aromatic rings. The quantitative estimate of drug-likeness (QED) is 0.396. The Kier molecular flexibility index (Phi) is 5.71. The number of carbonyl (C=O) groups excluding carboxylic acids is 1. The second-order valence-corrected chi connectivity index (χ2v) is 8.13. The molecule has 10 heteroatoms. The monoisotopic (exact) mass is 408 g/mol. The van der Waals surface area contributed by atoms with Gasteiger partial charge in [-0.05, 0) is 37.1 Å². The van der Waals surface area contributed by atoms with Crippen molar-refractivity contribution in [2.24, 2.45) is 0 Å². The van der Waals surface area contributed by atoms with Crippen LogP contribution in [0, 0.1) is 15.9 Å². The van der Waals surface area contributed by atoms with Gasteiger partial charge in [-0.3, -0.25) is 14.9 Å². The van der Waals surface area contributed by atoms with Crippen LogP contribution >= 0.6 is 0 Å². The second kappa shape index (κ2) is 8.03. The Bertz CT molecular complexity index is 1020. The molecular weight excluding hydrogens is 391 g/mol. The Labute approximate surface area is 160 Å². The van der Waals surface area contributed by atoms with E-state index in [1.165, 1.54) is 28.6 Å². The first kappa shape index (κ1) is 19.9. The number of ketones is 1. The van der Waals surface area contributed by atoms with Crippen molar-refractivity contribution in [3.8, 4) is 5.75 Å². The van der Waals surface area contributed by atoms with E-state index >= 15 is 0 Å². The van der Waals surface area contributed by atoms with Crippen molar-refractivity contribution in [2.75, 3.05) is 19.7 Å². The predicted molar refractivity (Wildman–Crippen MR) is 97.3 cm³/mol. The van der Waals surface area contributed by atoms with Crippen LogP contribution in [0.25, 0.3) is 0 Å².